The van der Waals surface area contributed by atoms with Crippen LogP contribution in [0.2, 0.25) is 0 Å². The summed E-state index contributed by atoms with van der Waals surface area (Å²) in [7, 11) is 0. The Morgan fingerprint density at radius 2 is 1.79 bits per heavy atom. The van der Waals surface area contributed by atoms with E-state index in [1.165, 1.54) is 30.4 Å². The molecule has 5 nitrogen and oxygen atoms in total. The minimum atomic E-state index is -0.309. The molecule has 4 rings (SSSR count). The number of nitrogens with one attached hydrogen (secondary N) is 1. The van der Waals surface area contributed by atoms with Gasteiger partial charge in [-0.05, 0) is 61.0 Å². The molecule has 0 fully saturated rings. The quantitative estimate of drug-likeness (QED) is 0.295. The molecule has 166 valence electrons. The first-order valence-corrected chi connectivity index (χ1v) is 11.8. The number of carbonyl (C=O) groups excluding carboxylic acids is 1. The Bertz CT molecular complexity index is 1410. The maximum Gasteiger partial charge on any atom is 0.221 e. The van der Waals surface area contributed by atoms with Crippen LogP contribution in [0.15, 0.2) is 92.7 Å². The molecule has 1 heterocycles. The van der Waals surface area contributed by atoms with Gasteiger partial charge in [0.25, 0.3) is 0 Å². The standard InChI is InChI=1S/C25H20BrFN4OS/c1-16(18-5-4-8-23(14-18)28-17(2)32)30-31-24(19-6-3-7-20(26)13-19)15-33-25(31)29-22-11-9-21(27)10-12-22/h3-15H,1-2H3,(H,28,32)/b29-25?,30-16+. The number of anilines is 1. The van der Waals surface area contributed by atoms with Crippen molar-refractivity contribution in [2.24, 2.45) is 10.1 Å². The number of hydrogen-bond donors (Lipinski definition) is 1. The van der Waals surface area contributed by atoms with E-state index in [1.54, 1.807) is 16.8 Å². The number of hydrogen-bond acceptors (Lipinski definition) is 4. The fraction of sp³-hybridized carbons (Fsp3) is 0.0800. The lowest BCUT2D eigenvalue weighted by Gasteiger charge is -2.08. The number of nitrogens with zero attached hydrogens (tertiary/aromatic N) is 3. The highest BCUT2D eigenvalue weighted by Gasteiger charge is 2.10. The molecule has 0 radical (unpaired) electrons. The predicted molar refractivity (Wildman–Crippen MR) is 135 cm³/mol. The summed E-state index contributed by atoms with van der Waals surface area (Å²) in [5.74, 6) is -0.443. The van der Waals surface area contributed by atoms with Gasteiger partial charge in [-0.3, -0.25) is 4.79 Å². The molecule has 0 spiro atoms. The molecular weight excluding hydrogens is 503 g/mol. The van der Waals surface area contributed by atoms with Crippen molar-refractivity contribution >= 4 is 50.3 Å². The highest BCUT2D eigenvalue weighted by Crippen LogP contribution is 2.24. The van der Waals surface area contributed by atoms with Gasteiger partial charge < -0.3 is 5.32 Å². The first-order chi connectivity index (χ1) is 15.9. The minimum Gasteiger partial charge on any atom is -0.326 e. The maximum absolute atomic E-state index is 13.3. The van der Waals surface area contributed by atoms with Gasteiger partial charge in [0.1, 0.15) is 5.82 Å². The van der Waals surface area contributed by atoms with E-state index >= 15 is 0 Å². The number of benzene rings is 3. The molecule has 0 aliphatic rings. The summed E-state index contributed by atoms with van der Waals surface area (Å²) in [5.41, 5.74) is 4.80. The average Bonchev–Trinajstić information content (AvgIpc) is 3.17. The zero-order chi connectivity index (χ0) is 23.4. The molecule has 0 bridgehead atoms. The Morgan fingerprint density at radius 1 is 1.03 bits per heavy atom. The van der Waals surface area contributed by atoms with Crippen LogP contribution in [0.5, 0.6) is 0 Å². The first-order valence-electron chi connectivity index (χ1n) is 10.1. The Labute approximate surface area is 203 Å². The van der Waals surface area contributed by atoms with Gasteiger partial charge >= 0.3 is 0 Å². The lowest BCUT2D eigenvalue weighted by Crippen LogP contribution is -2.14. The van der Waals surface area contributed by atoms with E-state index in [4.69, 9.17) is 10.1 Å². The molecule has 0 atom stereocenters. The van der Waals surface area contributed by atoms with Gasteiger partial charge in [-0.15, -0.1) is 11.3 Å². The van der Waals surface area contributed by atoms with Crippen LogP contribution in [0.4, 0.5) is 15.8 Å². The molecule has 0 saturated heterocycles. The van der Waals surface area contributed by atoms with Crippen LogP contribution >= 0.6 is 27.3 Å². The lowest BCUT2D eigenvalue weighted by molar-refractivity contribution is -0.114. The molecule has 33 heavy (non-hydrogen) atoms. The molecule has 1 aromatic heterocycles. The van der Waals surface area contributed by atoms with E-state index in [0.717, 1.165) is 27.0 Å². The van der Waals surface area contributed by atoms with Crippen molar-refractivity contribution in [2.45, 2.75) is 13.8 Å². The van der Waals surface area contributed by atoms with Crippen LogP contribution < -0.4 is 10.1 Å². The lowest BCUT2D eigenvalue weighted by atomic mass is 10.1. The number of carbonyl (C=O) groups is 1. The van der Waals surface area contributed by atoms with Crippen LogP contribution in [0.25, 0.3) is 11.3 Å². The van der Waals surface area contributed by atoms with Crippen molar-refractivity contribution < 1.29 is 9.18 Å². The third-order valence-corrected chi connectivity index (χ3v) is 6.02. The van der Waals surface area contributed by atoms with Gasteiger partial charge in [-0.2, -0.15) is 5.10 Å². The topological polar surface area (TPSA) is 58.8 Å². The van der Waals surface area contributed by atoms with Crippen molar-refractivity contribution in [3.63, 3.8) is 0 Å². The van der Waals surface area contributed by atoms with Gasteiger partial charge in [-0.25, -0.2) is 14.1 Å². The highest BCUT2D eigenvalue weighted by molar-refractivity contribution is 9.10. The zero-order valence-electron chi connectivity index (χ0n) is 17.9. The second-order valence-corrected chi connectivity index (χ2v) is 9.01. The van der Waals surface area contributed by atoms with E-state index in [9.17, 15) is 9.18 Å². The molecule has 4 aromatic rings. The summed E-state index contributed by atoms with van der Waals surface area (Å²) in [4.78, 5) is 16.8. The third kappa shape index (κ3) is 5.71. The van der Waals surface area contributed by atoms with Crippen molar-refractivity contribution in [3.05, 3.63) is 98.8 Å². The number of halogens is 2. The molecule has 1 amide bonds. The normalized spacial score (nSPS) is 12.1. The molecule has 3 aromatic carbocycles. The summed E-state index contributed by atoms with van der Waals surface area (Å²) < 4.78 is 16.1. The SMILES string of the molecule is CC(=O)Nc1cccc(/C(C)=N/n2c(-c3cccc(Br)c3)csc2=Nc2ccc(F)cc2)c1. The Hall–Kier alpha value is -3.36. The van der Waals surface area contributed by atoms with Crippen LogP contribution in [0.1, 0.15) is 19.4 Å². The molecule has 8 heteroatoms. The van der Waals surface area contributed by atoms with E-state index in [2.05, 4.69) is 21.2 Å². The van der Waals surface area contributed by atoms with Gasteiger partial charge in [0.05, 0.1) is 17.1 Å². The molecule has 0 aliphatic carbocycles. The molecule has 1 N–H and O–H groups in total. The number of thiazole rings is 1. The van der Waals surface area contributed by atoms with Gasteiger partial charge in [0.15, 0.2) is 0 Å². The molecule has 0 unspecified atom stereocenters. The number of aromatic nitrogens is 1. The summed E-state index contributed by atoms with van der Waals surface area (Å²) in [6.45, 7) is 3.38. The maximum atomic E-state index is 13.3. The number of rotatable bonds is 5. The van der Waals surface area contributed by atoms with Crippen molar-refractivity contribution in [1.29, 1.82) is 0 Å². The average molecular weight is 523 g/mol. The Morgan fingerprint density at radius 3 is 2.52 bits per heavy atom. The second kappa shape index (κ2) is 10.1. The van der Waals surface area contributed by atoms with E-state index < -0.39 is 0 Å². The zero-order valence-corrected chi connectivity index (χ0v) is 20.3. The Balaban J connectivity index is 1.85. The van der Waals surface area contributed by atoms with Gasteiger partial charge in [-0.1, -0.05) is 40.2 Å². The smallest absolute Gasteiger partial charge is 0.221 e. The number of amides is 1. The van der Waals surface area contributed by atoms with Gasteiger partial charge in [0.2, 0.25) is 10.7 Å². The van der Waals surface area contributed by atoms with Crippen LogP contribution in [-0.2, 0) is 4.79 Å². The third-order valence-electron chi connectivity index (χ3n) is 4.71. The van der Waals surface area contributed by atoms with E-state index in [0.29, 0.717) is 16.2 Å². The summed E-state index contributed by atoms with van der Waals surface area (Å²) in [6, 6.07) is 21.5. The summed E-state index contributed by atoms with van der Waals surface area (Å²) in [5, 5.41) is 9.67. The molecule has 0 aliphatic heterocycles. The fourth-order valence-electron chi connectivity index (χ4n) is 3.18. The predicted octanol–water partition coefficient (Wildman–Crippen LogP) is 6.58. The summed E-state index contributed by atoms with van der Waals surface area (Å²) in [6.07, 6.45) is 0. The van der Waals surface area contributed by atoms with Crippen LogP contribution in [0, 0.1) is 5.82 Å². The van der Waals surface area contributed by atoms with Gasteiger partial charge in [0, 0.05) is 28.0 Å². The van der Waals surface area contributed by atoms with Crippen LogP contribution in [-0.4, -0.2) is 16.3 Å². The van der Waals surface area contributed by atoms with E-state index in [1.807, 2.05) is 60.8 Å². The first kappa shape index (κ1) is 22.8. The van der Waals surface area contributed by atoms with Crippen molar-refractivity contribution in [3.8, 4) is 11.3 Å². The second-order valence-electron chi connectivity index (χ2n) is 7.26. The van der Waals surface area contributed by atoms with Crippen LogP contribution in [0.3, 0.4) is 0 Å². The fourth-order valence-corrected chi connectivity index (χ4v) is 4.43. The summed E-state index contributed by atoms with van der Waals surface area (Å²) >= 11 is 4.98. The largest absolute Gasteiger partial charge is 0.326 e. The monoisotopic (exact) mass is 522 g/mol. The minimum absolute atomic E-state index is 0.133. The van der Waals surface area contributed by atoms with Crippen molar-refractivity contribution in [2.75, 3.05) is 5.32 Å². The van der Waals surface area contributed by atoms with E-state index in [-0.39, 0.29) is 11.7 Å². The molecule has 0 saturated carbocycles. The molecular formula is C25H20BrFN4OS. The highest BCUT2D eigenvalue weighted by atomic mass is 79.9. The Kier molecular flexibility index (Phi) is 6.96. The van der Waals surface area contributed by atoms with Crippen molar-refractivity contribution in [1.82, 2.24) is 4.68 Å².